The van der Waals surface area contributed by atoms with Crippen LogP contribution in [-0.4, -0.2) is 22.5 Å². The Labute approximate surface area is 189 Å². The molecule has 0 bridgehead atoms. The summed E-state index contributed by atoms with van der Waals surface area (Å²) in [5.41, 5.74) is 5.14. The molecule has 0 saturated heterocycles. The number of thiazole rings is 1. The molecule has 0 aliphatic carbocycles. The van der Waals surface area contributed by atoms with E-state index in [9.17, 15) is 14.4 Å². The first-order chi connectivity index (χ1) is 15.4. The summed E-state index contributed by atoms with van der Waals surface area (Å²) in [5.74, 6) is -1.52. The Morgan fingerprint density at radius 3 is 2.03 bits per heavy atom. The summed E-state index contributed by atoms with van der Waals surface area (Å²) in [6.07, 6.45) is 0. The molecule has 158 valence electrons. The average molecular weight is 441 g/mol. The van der Waals surface area contributed by atoms with Crippen LogP contribution in [0.2, 0.25) is 0 Å². The predicted octanol–water partition coefficient (Wildman–Crippen LogP) is 5.74. The van der Waals surface area contributed by atoms with Gasteiger partial charge in [0.1, 0.15) is 0 Å². The van der Waals surface area contributed by atoms with E-state index in [1.807, 2.05) is 17.5 Å². The largest absolute Gasteiger partial charge is 0.298 e. The molecule has 3 aromatic carbocycles. The van der Waals surface area contributed by atoms with Crippen LogP contribution < -0.4 is 5.32 Å². The molecule has 1 aromatic heterocycles. The lowest BCUT2D eigenvalue weighted by Crippen LogP contribution is -2.15. The van der Waals surface area contributed by atoms with Crippen LogP contribution in [0.5, 0.6) is 0 Å². The van der Waals surface area contributed by atoms with Crippen molar-refractivity contribution in [3.8, 4) is 11.3 Å². The fourth-order valence-electron chi connectivity index (χ4n) is 3.16. The maximum absolute atomic E-state index is 12.6. The summed E-state index contributed by atoms with van der Waals surface area (Å²) in [5, 5.41) is 5.18. The molecule has 0 atom stereocenters. The Hall–Kier alpha value is -3.90. The van der Waals surface area contributed by atoms with Gasteiger partial charge in [-0.25, -0.2) is 4.98 Å². The molecule has 0 radical (unpaired) electrons. The molecule has 0 unspecified atom stereocenters. The van der Waals surface area contributed by atoms with Gasteiger partial charge >= 0.3 is 0 Å². The molecular weight excluding hydrogens is 420 g/mol. The zero-order valence-electron chi connectivity index (χ0n) is 17.6. The number of rotatable bonds is 6. The lowest BCUT2D eigenvalue weighted by Gasteiger charge is -2.04. The number of Topliss-reactive ketones (excluding diaryl/α,β-unsaturated/α-hetero) is 2. The third-order valence-electron chi connectivity index (χ3n) is 5.18. The second kappa shape index (κ2) is 9.08. The molecule has 5 nitrogen and oxygen atoms in total. The average Bonchev–Trinajstić information content (AvgIpc) is 3.29. The van der Waals surface area contributed by atoms with E-state index in [-0.39, 0.29) is 11.5 Å². The van der Waals surface area contributed by atoms with E-state index in [0.717, 1.165) is 11.3 Å². The van der Waals surface area contributed by atoms with Crippen LogP contribution >= 0.6 is 11.3 Å². The van der Waals surface area contributed by atoms with E-state index in [2.05, 4.69) is 30.2 Å². The van der Waals surface area contributed by atoms with Gasteiger partial charge in [-0.3, -0.25) is 19.7 Å². The number of carbonyl (C=O) groups is 3. The van der Waals surface area contributed by atoms with Crippen molar-refractivity contribution in [1.29, 1.82) is 0 Å². The lowest BCUT2D eigenvalue weighted by molar-refractivity contribution is 0.0817. The standard InChI is InChI=1S/C26H20N2O3S/c1-16-8-9-21(14-17(16)2)22-15-32-26(27-22)28-25(31)20-12-10-19(11-13-20)24(30)23(29)18-6-4-3-5-7-18/h3-15H,1-2H3,(H,27,28,31). The Kier molecular flexibility index (Phi) is 6.05. The summed E-state index contributed by atoms with van der Waals surface area (Å²) in [4.78, 5) is 41.9. The van der Waals surface area contributed by atoms with Crippen molar-refractivity contribution in [2.75, 3.05) is 5.32 Å². The Morgan fingerprint density at radius 1 is 0.750 bits per heavy atom. The summed E-state index contributed by atoms with van der Waals surface area (Å²) in [7, 11) is 0. The van der Waals surface area contributed by atoms with Crippen molar-refractivity contribution in [3.05, 3.63) is 106 Å². The maximum Gasteiger partial charge on any atom is 0.257 e. The monoisotopic (exact) mass is 440 g/mol. The van der Waals surface area contributed by atoms with Crippen LogP contribution in [-0.2, 0) is 0 Å². The Balaban J connectivity index is 1.44. The lowest BCUT2D eigenvalue weighted by atomic mass is 10.0. The highest BCUT2D eigenvalue weighted by Gasteiger charge is 2.18. The molecule has 4 rings (SSSR count). The fourth-order valence-corrected chi connectivity index (χ4v) is 3.87. The molecule has 0 saturated carbocycles. The number of nitrogens with zero attached hydrogens (tertiary/aromatic N) is 1. The number of aryl methyl sites for hydroxylation is 2. The molecule has 0 fully saturated rings. The smallest absolute Gasteiger partial charge is 0.257 e. The first kappa shape index (κ1) is 21.3. The zero-order valence-corrected chi connectivity index (χ0v) is 18.4. The summed E-state index contributed by atoms with van der Waals surface area (Å²) < 4.78 is 0. The van der Waals surface area contributed by atoms with Gasteiger partial charge in [0.25, 0.3) is 5.91 Å². The molecule has 0 aliphatic heterocycles. The number of ketones is 2. The number of carbonyl (C=O) groups excluding carboxylic acids is 3. The number of hydrogen-bond donors (Lipinski definition) is 1. The van der Waals surface area contributed by atoms with E-state index in [0.29, 0.717) is 16.3 Å². The SMILES string of the molecule is Cc1ccc(-c2csc(NC(=O)c3ccc(C(=O)C(=O)c4ccccc4)cc3)n2)cc1C. The van der Waals surface area contributed by atoms with Gasteiger partial charge in [-0.05, 0) is 43.2 Å². The molecular formula is C26H20N2O3S. The number of benzene rings is 3. The zero-order chi connectivity index (χ0) is 22.7. The van der Waals surface area contributed by atoms with Gasteiger partial charge in [-0.15, -0.1) is 11.3 Å². The summed E-state index contributed by atoms with van der Waals surface area (Å²) in [6, 6.07) is 20.5. The second-order valence-electron chi connectivity index (χ2n) is 7.39. The van der Waals surface area contributed by atoms with Crippen LogP contribution in [0, 0.1) is 13.8 Å². The third kappa shape index (κ3) is 4.55. The first-order valence-corrected chi connectivity index (χ1v) is 10.9. The van der Waals surface area contributed by atoms with E-state index < -0.39 is 11.6 Å². The van der Waals surface area contributed by atoms with E-state index >= 15 is 0 Å². The number of anilines is 1. The minimum atomic E-state index is -0.610. The molecule has 32 heavy (non-hydrogen) atoms. The number of hydrogen-bond acceptors (Lipinski definition) is 5. The first-order valence-electron chi connectivity index (χ1n) is 10.0. The van der Waals surface area contributed by atoms with Gasteiger partial charge in [0.15, 0.2) is 5.13 Å². The summed E-state index contributed by atoms with van der Waals surface area (Å²) >= 11 is 1.35. The van der Waals surface area contributed by atoms with E-state index in [1.54, 1.807) is 30.3 Å². The van der Waals surface area contributed by atoms with Crippen molar-refractivity contribution in [3.63, 3.8) is 0 Å². The fraction of sp³-hybridized carbons (Fsp3) is 0.0769. The minimum absolute atomic E-state index is 0.238. The maximum atomic E-state index is 12.6. The molecule has 4 aromatic rings. The van der Waals surface area contributed by atoms with Gasteiger partial charge in [-0.2, -0.15) is 0 Å². The van der Waals surface area contributed by atoms with Crippen molar-refractivity contribution in [2.24, 2.45) is 0 Å². The Morgan fingerprint density at radius 2 is 1.38 bits per heavy atom. The molecule has 6 heteroatoms. The molecule has 1 heterocycles. The van der Waals surface area contributed by atoms with Gasteiger partial charge in [0, 0.05) is 27.6 Å². The quantitative estimate of drug-likeness (QED) is 0.306. The van der Waals surface area contributed by atoms with Crippen molar-refractivity contribution < 1.29 is 14.4 Å². The molecule has 1 N–H and O–H groups in total. The second-order valence-corrected chi connectivity index (χ2v) is 8.25. The minimum Gasteiger partial charge on any atom is -0.298 e. The highest BCUT2D eigenvalue weighted by molar-refractivity contribution is 7.14. The topological polar surface area (TPSA) is 76.1 Å². The van der Waals surface area contributed by atoms with Gasteiger partial charge in [0.05, 0.1) is 5.69 Å². The van der Waals surface area contributed by atoms with Crippen LogP contribution in [0.1, 0.15) is 42.2 Å². The normalized spacial score (nSPS) is 10.6. The van der Waals surface area contributed by atoms with Crippen molar-refractivity contribution >= 4 is 33.9 Å². The van der Waals surface area contributed by atoms with Crippen molar-refractivity contribution in [2.45, 2.75) is 13.8 Å². The summed E-state index contributed by atoms with van der Waals surface area (Å²) in [6.45, 7) is 4.11. The highest BCUT2D eigenvalue weighted by atomic mass is 32.1. The Bertz CT molecular complexity index is 1310. The van der Waals surface area contributed by atoms with E-state index in [1.165, 1.54) is 46.7 Å². The van der Waals surface area contributed by atoms with Gasteiger partial charge in [-0.1, -0.05) is 54.6 Å². The number of aromatic nitrogens is 1. The van der Waals surface area contributed by atoms with Crippen LogP contribution in [0.25, 0.3) is 11.3 Å². The van der Waals surface area contributed by atoms with Gasteiger partial charge in [0.2, 0.25) is 11.6 Å². The molecule has 1 amide bonds. The van der Waals surface area contributed by atoms with Crippen LogP contribution in [0.15, 0.2) is 78.2 Å². The third-order valence-corrected chi connectivity index (χ3v) is 5.94. The van der Waals surface area contributed by atoms with Gasteiger partial charge < -0.3 is 0 Å². The highest BCUT2D eigenvalue weighted by Crippen LogP contribution is 2.26. The predicted molar refractivity (Wildman–Crippen MR) is 127 cm³/mol. The number of nitrogens with one attached hydrogen (secondary N) is 1. The molecule has 0 aliphatic rings. The van der Waals surface area contributed by atoms with Crippen LogP contribution in [0.4, 0.5) is 5.13 Å². The van der Waals surface area contributed by atoms with Crippen molar-refractivity contribution in [1.82, 2.24) is 4.98 Å². The number of amides is 1. The van der Waals surface area contributed by atoms with E-state index in [4.69, 9.17) is 0 Å². The van der Waals surface area contributed by atoms with Crippen LogP contribution in [0.3, 0.4) is 0 Å². The molecule has 0 spiro atoms.